The average molecular weight is 226 g/mol. The molecule has 16 heavy (non-hydrogen) atoms. The summed E-state index contributed by atoms with van der Waals surface area (Å²) in [4.78, 5) is 15.2. The second kappa shape index (κ2) is 6.95. The van der Waals surface area contributed by atoms with Crippen molar-refractivity contribution >= 4 is 5.91 Å². The van der Waals surface area contributed by atoms with Crippen LogP contribution in [0.25, 0.3) is 0 Å². The van der Waals surface area contributed by atoms with Gasteiger partial charge in [-0.05, 0) is 5.92 Å². The Bertz CT molecular complexity index is 298. The van der Waals surface area contributed by atoms with E-state index in [1.54, 1.807) is 0 Å². The lowest BCUT2D eigenvalue weighted by Gasteiger charge is -2.07. The summed E-state index contributed by atoms with van der Waals surface area (Å²) in [5, 5.41) is 9.32. The third-order valence-electron chi connectivity index (χ3n) is 1.92. The fourth-order valence-electron chi connectivity index (χ4n) is 1.08. The summed E-state index contributed by atoms with van der Waals surface area (Å²) >= 11 is 0. The molecule has 90 valence electrons. The van der Waals surface area contributed by atoms with Crippen LogP contribution in [0.2, 0.25) is 0 Å². The molecule has 0 atom stereocenters. The van der Waals surface area contributed by atoms with E-state index in [9.17, 15) is 4.79 Å². The molecular weight excluding hydrogens is 208 g/mol. The van der Waals surface area contributed by atoms with Crippen molar-refractivity contribution in [3.63, 3.8) is 0 Å². The second-order valence-electron chi connectivity index (χ2n) is 3.96. The first-order chi connectivity index (χ1) is 7.68. The van der Waals surface area contributed by atoms with Gasteiger partial charge in [0.1, 0.15) is 0 Å². The fraction of sp³-hybridized carbons (Fsp3) is 0.700. The van der Waals surface area contributed by atoms with Crippen molar-refractivity contribution in [3.8, 4) is 0 Å². The van der Waals surface area contributed by atoms with E-state index < -0.39 is 0 Å². The summed E-state index contributed by atoms with van der Waals surface area (Å²) in [7, 11) is 0. The summed E-state index contributed by atoms with van der Waals surface area (Å²) in [6.07, 6.45) is 2.00. The summed E-state index contributed by atoms with van der Waals surface area (Å²) in [6, 6.07) is 0. The van der Waals surface area contributed by atoms with E-state index in [0.29, 0.717) is 37.9 Å². The van der Waals surface area contributed by atoms with E-state index in [4.69, 9.17) is 4.52 Å². The van der Waals surface area contributed by atoms with Gasteiger partial charge in [0.25, 0.3) is 0 Å². The first-order valence-electron chi connectivity index (χ1n) is 5.41. The quantitative estimate of drug-likeness (QED) is 0.638. The fourth-order valence-corrected chi connectivity index (χ4v) is 1.08. The maximum Gasteiger partial charge on any atom is 0.233 e. The Kier molecular flexibility index (Phi) is 5.49. The van der Waals surface area contributed by atoms with Crippen molar-refractivity contribution in [2.24, 2.45) is 5.92 Å². The Morgan fingerprint density at radius 2 is 2.38 bits per heavy atom. The van der Waals surface area contributed by atoms with Gasteiger partial charge in [-0.15, -0.1) is 0 Å². The molecule has 1 aromatic rings. The molecule has 0 aromatic carbocycles. The summed E-state index contributed by atoms with van der Waals surface area (Å²) in [6.45, 7) is 5.80. The first-order valence-corrected chi connectivity index (χ1v) is 5.41. The van der Waals surface area contributed by atoms with Crippen molar-refractivity contribution in [1.82, 2.24) is 20.8 Å². The maximum absolute atomic E-state index is 11.3. The number of aromatic nitrogens is 2. The minimum absolute atomic E-state index is 0.0132. The molecule has 6 nitrogen and oxygen atoms in total. The average Bonchev–Trinajstić information content (AvgIpc) is 2.74. The van der Waals surface area contributed by atoms with Gasteiger partial charge in [-0.3, -0.25) is 4.79 Å². The molecule has 0 fully saturated rings. The van der Waals surface area contributed by atoms with E-state index in [1.165, 1.54) is 6.33 Å². The van der Waals surface area contributed by atoms with Gasteiger partial charge in [-0.25, -0.2) is 0 Å². The zero-order chi connectivity index (χ0) is 11.8. The van der Waals surface area contributed by atoms with Gasteiger partial charge in [0, 0.05) is 19.5 Å². The molecule has 6 heteroatoms. The lowest BCUT2D eigenvalue weighted by Crippen LogP contribution is -2.36. The SMILES string of the molecule is CC(C)CNC(=O)CNCCc1ncno1. The van der Waals surface area contributed by atoms with Crippen molar-refractivity contribution in [3.05, 3.63) is 12.2 Å². The van der Waals surface area contributed by atoms with Crippen LogP contribution in [0.4, 0.5) is 0 Å². The van der Waals surface area contributed by atoms with Crippen molar-refractivity contribution < 1.29 is 9.32 Å². The minimum atomic E-state index is 0.0132. The van der Waals surface area contributed by atoms with Crippen LogP contribution in [0.3, 0.4) is 0 Å². The van der Waals surface area contributed by atoms with Crippen molar-refractivity contribution in [2.75, 3.05) is 19.6 Å². The van der Waals surface area contributed by atoms with Crippen molar-refractivity contribution in [2.45, 2.75) is 20.3 Å². The number of rotatable bonds is 7. The maximum atomic E-state index is 11.3. The van der Waals surface area contributed by atoms with E-state index in [1.807, 2.05) is 0 Å². The first kappa shape index (κ1) is 12.6. The van der Waals surface area contributed by atoms with E-state index in [0.717, 1.165) is 0 Å². The molecule has 0 unspecified atom stereocenters. The molecule has 1 heterocycles. The molecule has 0 aliphatic rings. The molecule has 0 spiro atoms. The van der Waals surface area contributed by atoms with Crippen LogP contribution in [0.1, 0.15) is 19.7 Å². The normalized spacial score (nSPS) is 10.7. The third-order valence-corrected chi connectivity index (χ3v) is 1.92. The minimum Gasteiger partial charge on any atom is -0.355 e. The van der Waals surface area contributed by atoms with Crippen molar-refractivity contribution in [1.29, 1.82) is 0 Å². The Balaban J connectivity index is 2.00. The molecule has 0 radical (unpaired) electrons. The lowest BCUT2D eigenvalue weighted by molar-refractivity contribution is -0.120. The zero-order valence-corrected chi connectivity index (χ0v) is 9.69. The van der Waals surface area contributed by atoms with Gasteiger partial charge in [0.05, 0.1) is 6.54 Å². The van der Waals surface area contributed by atoms with E-state index in [-0.39, 0.29) is 5.91 Å². The highest BCUT2D eigenvalue weighted by Crippen LogP contribution is 1.90. The van der Waals surface area contributed by atoms with Gasteiger partial charge in [0.15, 0.2) is 6.33 Å². The topological polar surface area (TPSA) is 80.0 Å². The van der Waals surface area contributed by atoms with Gasteiger partial charge in [-0.2, -0.15) is 4.98 Å². The smallest absolute Gasteiger partial charge is 0.233 e. The number of hydrogen-bond donors (Lipinski definition) is 2. The highest BCUT2D eigenvalue weighted by atomic mass is 16.5. The molecule has 1 rings (SSSR count). The predicted molar refractivity (Wildman–Crippen MR) is 58.7 cm³/mol. The number of carbonyl (C=O) groups is 1. The van der Waals surface area contributed by atoms with Gasteiger partial charge >= 0.3 is 0 Å². The molecule has 1 amide bonds. The highest BCUT2D eigenvalue weighted by molar-refractivity contribution is 5.77. The van der Waals surface area contributed by atoms with E-state index in [2.05, 4.69) is 34.6 Å². The predicted octanol–water partition coefficient (Wildman–Crippen LogP) is -0.0261. The van der Waals surface area contributed by atoms with Crippen LogP contribution in [-0.2, 0) is 11.2 Å². The molecular formula is C10H18N4O2. The summed E-state index contributed by atoms with van der Waals surface area (Å²) in [5.41, 5.74) is 0. The Hall–Kier alpha value is -1.43. The van der Waals surface area contributed by atoms with Crippen LogP contribution in [0, 0.1) is 5.92 Å². The molecule has 0 saturated heterocycles. The largest absolute Gasteiger partial charge is 0.355 e. The molecule has 0 aliphatic heterocycles. The molecule has 1 aromatic heterocycles. The number of nitrogens with zero attached hydrogens (tertiary/aromatic N) is 2. The van der Waals surface area contributed by atoms with E-state index >= 15 is 0 Å². The van der Waals surface area contributed by atoms with Crippen LogP contribution in [-0.4, -0.2) is 35.7 Å². The number of amides is 1. The van der Waals surface area contributed by atoms with Gasteiger partial charge in [0.2, 0.25) is 11.8 Å². The summed E-state index contributed by atoms with van der Waals surface area (Å²) in [5.74, 6) is 1.07. The molecule has 0 bridgehead atoms. The standard InChI is InChI=1S/C10H18N4O2/c1-8(2)5-12-9(15)6-11-4-3-10-13-7-14-16-10/h7-8,11H,3-6H2,1-2H3,(H,12,15). The summed E-state index contributed by atoms with van der Waals surface area (Å²) < 4.78 is 4.82. The van der Waals surface area contributed by atoms with Crippen LogP contribution in [0.15, 0.2) is 10.9 Å². The second-order valence-corrected chi connectivity index (χ2v) is 3.96. The molecule has 2 N–H and O–H groups in total. The Morgan fingerprint density at radius 3 is 3.00 bits per heavy atom. The Morgan fingerprint density at radius 1 is 1.56 bits per heavy atom. The number of carbonyl (C=O) groups excluding carboxylic acids is 1. The highest BCUT2D eigenvalue weighted by Gasteiger charge is 2.02. The van der Waals surface area contributed by atoms with Gasteiger partial charge in [-0.1, -0.05) is 19.0 Å². The third kappa shape index (κ3) is 5.45. The number of hydrogen-bond acceptors (Lipinski definition) is 5. The monoisotopic (exact) mass is 226 g/mol. The Labute approximate surface area is 94.8 Å². The number of nitrogens with one attached hydrogen (secondary N) is 2. The van der Waals surface area contributed by atoms with Crippen LogP contribution >= 0.6 is 0 Å². The molecule has 0 aliphatic carbocycles. The molecule has 0 saturated carbocycles. The zero-order valence-electron chi connectivity index (χ0n) is 9.69. The lowest BCUT2D eigenvalue weighted by atomic mass is 10.2. The van der Waals surface area contributed by atoms with Crippen LogP contribution in [0.5, 0.6) is 0 Å². The van der Waals surface area contributed by atoms with Crippen LogP contribution < -0.4 is 10.6 Å². The van der Waals surface area contributed by atoms with Gasteiger partial charge < -0.3 is 15.2 Å².